The highest BCUT2D eigenvalue weighted by atomic mass is 35.5. The van der Waals surface area contributed by atoms with Crippen LogP contribution < -0.4 is 0 Å². The fourth-order valence-corrected chi connectivity index (χ4v) is 5.95. The molecule has 4 aliphatic carbocycles. The summed E-state index contributed by atoms with van der Waals surface area (Å²) < 4.78 is 2.31. The summed E-state index contributed by atoms with van der Waals surface area (Å²) in [5.41, 5.74) is 1.50. The van der Waals surface area contributed by atoms with Crippen molar-refractivity contribution in [3.05, 3.63) is 29.4 Å². The van der Waals surface area contributed by atoms with Gasteiger partial charge in [-0.25, -0.2) is 0 Å². The summed E-state index contributed by atoms with van der Waals surface area (Å²) in [7, 11) is 0. The van der Waals surface area contributed by atoms with Crippen molar-refractivity contribution >= 4 is 22.5 Å². The van der Waals surface area contributed by atoms with Crippen LogP contribution in [-0.2, 0) is 5.54 Å². The molecule has 1 heterocycles. The van der Waals surface area contributed by atoms with E-state index >= 15 is 0 Å². The summed E-state index contributed by atoms with van der Waals surface area (Å²) in [6.45, 7) is 0. The minimum absolute atomic E-state index is 0.265. The Morgan fingerprint density at radius 2 is 1.60 bits per heavy atom. The van der Waals surface area contributed by atoms with Gasteiger partial charge in [0.15, 0.2) is 5.15 Å². The molecule has 0 N–H and O–H groups in total. The van der Waals surface area contributed by atoms with Gasteiger partial charge in [-0.2, -0.15) is 5.10 Å². The lowest BCUT2D eigenvalue weighted by Gasteiger charge is -2.56. The van der Waals surface area contributed by atoms with E-state index < -0.39 is 0 Å². The molecule has 104 valence electrons. The van der Waals surface area contributed by atoms with Crippen molar-refractivity contribution in [1.29, 1.82) is 0 Å². The van der Waals surface area contributed by atoms with Crippen molar-refractivity contribution < 1.29 is 0 Å². The van der Waals surface area contributed by atoms with E-state index in [1.807, 2.05) is 0 Å². The maximum atomic E-state index is 6.39. The van der Waals surface area contributed by atoms with E-state index in [4.69, 9.17) is 16.7 Å². The van der Waals surface area contributed by atoms with Gasteiger partial charge in [0.1, 0.15) is 0 Å². The third-order valence-electron chi connectivity index (χ3n) is 6.00. The predicted molar refractivity (Wildman–Crippen MR) is 80.9 cm³/mol. The first-order valence-electron chi connectivity index (χ1n) is 7.87. The number of benzene rings is 1. The Morgan fingerprint density at radius 3 is 2.25 bits per heavy atom. The Bertz CT molecular complexity index is 652. The maximum Gasteiger partial charge on any atom is 0.158 e. The molecule has 4 aliphatic rings. The number of rotatable bonds is 1. The normalized spacial score (nSPS) is 38.8. The molecule has 0 spiro atoms. The molecule has 2 aromatic rings. The van der Waals surface area contributed by atoms with Gasteiger partial charge >= 0.3 is 0 Å². The second-order valence-corrected chi connectivity index (χ2v) is 7.72. The highest BCUT2D eigenvalue weighted by Gasteiger charge is 2.52. The number of fused-ring (bicyclic) bond motifs is 1. The van der Waals surface area contributed by atoms with E-state index in [0.717, 1.165) is 23.1 Å². The van der Waals surface area contributed by atoms with E-state index in [1.54, 1.807) is 0 Å². The summed E-state index contributed by atoms with van der Waals surface area (Å²) in [5, 5.41) is 6.55. The van der Waals surface area contributed by atoms with Crippen LogP contribution in [0, 0.1) is 17.8 Å². The number of hydrogen-bond donors (Lipinski definition) is 0. The van der Waals surface area contributed by atoms with Gasteiger partial charge in [0.05, 0.1) is 11.1 Å². The van der Waals surface area contributed by atoms with Crippen LogP contribution in [-0.4, -0.2) is 9.78 Å². The van der Waals surface area contributed by atoms with Crippen LogP contribution in [0.5, 0.6) is 0 Å². The first kappa shape index (κ1) is 11.6. The standard InChI is InChI=1S/C17H19ClN2/c18-16-14-3-1-2-4-15(14)20(19-16)17-8-11-5-12(9-17)7-13(6-11)10-17/h1-4,11-13H,5-10H2. The predicted octanol–water partition coefficient (Wildman–Crippen LogP) is 4.62. The Morgan fingerprint density at radius 1 is 1.00 bits per heavy atom. The van der Waals surface area contributed by atoms with Crippen LogP contribution in [0.4, 0.5) is 0 Å². The molecule has 20 heavy (non-hydrogen) atoms. The number of nitrogens with zero attached hydrogens (tertiary/aromatic N) is 2. The minimum atomic E-state index is 0.265. The van der Waals surface area contributed by atoms with Gasteiger partial charge in [-0.1, -0.05) is 23.7 Å². The van der Waals surface area contributed by atoms with Gasteiger partial charge in [-0.05, 0) is 68.4 Å². The van der Waals surface area contributed by atoms with Gasteiger partial charge < -0.3 is 0 Å². The van der Waals surface area contributed by atoms with E-state index in [0.29, 0.717) is 5.15 Å². The van der Waals surface area contributed by atoms with Crippen molar-refractivity contribution in [3.8, 4) is 0 Å². The summed E-state index contributed by atoms with van der Waals surface area (Å²) in [6, 6.07) is 8.45. The molecule has 3 heteroatoms. The van der Waals surface area contributed by atoms with Gasteiger partial charge in [0.25, 0.3) is 0 Å². The van der Waals surface area contributed by atoms with Crippen LogP contribution in [0.3, 0.4) is 0 Å². The Balaban J connectivity index is 1.71. The molecule has 0 aliphatic heterocycles. The first-order valence-corrected chi connectivity index (χ1v) is 8.25. The fourth-order valence-electron chi connectivity index (χ4n) is 5.71. The van der Waals surface area contributed by atoms with Crippen molar-refractivity contribution in [2.45, 2.75) is 44.1 Å². The Labute approximate surface area is 124 Å². The number of halogens is 1. The van der Waals surface area contributed by atoms with E-state index in [1.165, 1.54) is 44.0 Å². The third kappa shape index (κ3) is 1.43. The number of hydrogen-bond acceptors (Lipinski definition) is 1. The zero-order valence-electron chi connectivity index (χ0n) is 11.6. The molecule has 6 rings (SSSR count). The second kappa shape index (κ2) is 3.79. The molecule has 4 bridgehead atoms. The zero-order valence-corrected chi connectivity index (χ0v) is 12.3. The summed E-state index contributed by atoms with van der Waals surface area (Å²) in [6.07, 6.45) is 8.35. The van der Waals surface area contributed by atoms with E-state index in [9.17, 15) is 0 Å². The van der Waals surface area contributed by atoms with Crippen molar-refractivity contribution in [3.63, 3.8) is 0 Å². The molecule has 0 atom stereocenters. The van der Waals surface area contributed by atoms with Gasteiger partial charge in [-0.3, -0.25) is 4.68 Å². The quantitative estimate of drug-likeness (QED) is 0.748. The molecule has 2 nitrogen and oxygen atoms in total. The summed E-state index contributed by atoms with van der Waals surface area (Å²) in [5.74, 6) is 2.80. The molecule has 4 fully saturated rings. The van der Waals surface area contributed by atoms with Crippen molar-refractivity contribution in [2.24, 2.45) is 17.8 Å². The van der Waals surface area contributed by atoms with Gasteiger partial charge in [0.2, 0.25) is 0 Å². The van der Waals surface area contributed by atoms with Gasteiger partial charge in [0, 0.05) is 5.39 Å². The third-order valence-corrected chi connectivity index (χ3v) is 6.28. The monoisotopic (exact) mass is 286 g/mol. The molecule has 1 aromatic heterocycles. The molecule has 0 amide bonds. The fraction of sp³-hybridized carbons (Fsp3) is 0.588. The van der Waals surface area contributed by atoms with Crippen molar-refractivity contribution in [2.75, 3.05) is 0 Å². The molecule has 0 saturated heterocycles. The molecule has 4 saturated carbocycles. The van der Waals surface area contributed by atoms with Gasteiger partial charge in [-0.15, -0.1) is 0 Å². The second-order valence-electron chi connectivity index (χ2n) is 7.36. The number of aromatic nitrogens is 2. The van der Waals surface area contributed by atoms with Crippen LogP contribution in [0.15, 0.2) is 24.3 Å². The summed E-state index contributed by atoms with van der Waals surface area (Å²) in [4.78, 5) is 0. The van der Waals surface area contributed by atoms with Crippen LogP contribution in [0.2, 0.25) is 5.15 Å². The maximum absolute atomic E-state index is 6.39. The van der Waals surface area contributed by atoms with Crippen molar-refractivity contribution in [1.82, 2.24) is 9.78 Å². The Kier molecular flexibility index (Phi) is 2.20. The lowest BCUT2D eigenvalue weighted by atomic mass is 9.53. The average Bonchev–Trinajstić information content (AvgIpc) is 2.76. The average molecular weight is 287 g/mol. The highest BCUT2D eigenvalue weighted by Crippen LogP contribution is 2.59. The summed E-state index contributed by atoms with van der Waals surface area (Å²) >= 11 is 6.39. The number of para-hydroxylation sites is 1. The smallest absolute Gasteiger partial charge is 0.158 e. The van der Waals surface area contributed by atoms with Crippen LogP contribution >= 0.6 is 11.6 Å². The van der Waals surface area contributed by atoms with Crippen LogP contribution in [0.25, 0.3) is 10.9 Å². The van der Waals surface area contributed by atoms with Crippen LogP contribution in [0.1, 0.15) is 38.5 Å². The zero-order chi connectivity index (χ0) is 13.3. The Hall–Kier alpha value is -1.02. The lowest BCUT2D eigenvalue weighted by Crippen LogP contribution is -2.52. The van der Waals surface area contributed by atoms with E-state index in [2.05, 4.69) is 28.9 Å². The van der Waals surface area contributed by atoms with E-state index in [-0.39, 0.29) is 5.54 Å². The topological polar surface area (TPSA) is 17.8 Å². The molecule has 1 aromatic carbocycles. The first-order chi connectivity index (χ1) is 9.73. The highest BCUT2D eigenvalue weighted by molar-refractivity contribution is 6.34. The minimum Gasteiger partial charge on any atom is -0.257 e. The molecular weight excluding hydrogens is 268 g/mol. The SMILES string of the molecule is Clc1nn(C23CC4CC(CC(C4)C2)C3)c2ccccc12. The largest absolute Gasteiger partial charge is 0.257 e. The molecule has 0 radical (unpaired) electrons. The lowest BCUT2D eigenvalue weighted by molar-refractivity contribution is -0.0470. The molecular formula is C17H19ClN2. The molecule has 0 unspecified atom stereocenters.